The van der Waals surface area contributed by atoms with E-state index in [4.69, 9.17) is 18.9 Å². The third kappa shape index (κ3) is 2.05. The maximum absolute atomic E-state index is 13.2. The van der Waals surface area contributed by atoms with Crippen LogP contribution in [0.4, 0.5) is 0 Å². The molecule has 0 spiro atoms. The van der Waals surface area contributed by atoms with Crippen molar-refractivity contribution >= 4 is 5.78 Å². The summed E-state index contributed by atoms with van der Waals surface area (Å²) in [6, 6.07) is 0. The van der Waals surface area contributed by atoms with E-state index in [1.165, 1.54) is 0 Å². The molecule has 5 aliphatic rings. The Morgan fingerprint density at radius 3 is 1.72 bits per heavy atom. The van der Waals surface area contributed by atoms with E-state index in [1.54, 1.807) is 0 Å². The maximum atomic E-state index is 13.2. The topological polar surface area (TPSA) is 54.0 Å². The first-order chi connectivity index (χ1) is 11.8. The molecule has 4 aliphatic heterocycles. The van der Waals surface area contributed by atoms with Crippen molar-refractivity contribution in [2.45, 2.75) is 58.5 Å². The molecule has 0 amide bonds. The third-order valence-electron chi connectivity index (χ3n) is 7.03. The van der Waals surface area contributed by atoms with Gasteiger partial charge in [-0.15, -0.1) is 0 Å². The first kappa shape index (κ1) is 15.9. The van der Waals surface area contributed by atoms with Gasteiger partial charge >= 0.3 is 0 Å². The molecule has 5 nitrogen and oxygen atoms in total. The third-order valence-corrected chi connectivity index (χ3v) is 7.03. The van der Waals surface area contributed by atoms with Crippen molar-refractivity contribution < 1.29 is 23.7 Å². The lowest BCUT2D eigenvalue weighted by molar-refractivity contribution is -0.216. The van der Waals surface area contributed by atoms with Gasteiger partial charge in [0.1, 0.15) is 11.5 Å². The minimum Gasteiger partial charge on any atom is -0.466 e. The van der Waals surface area contributed by atoms with Gasteiger partial charge in [-0.1, -0.05) is 13.8 Å². The van der Waals surface area contributed by atoms with Crippen LogP contribution >= 0.6 is 0 Å². The molecule has 6 atom stereocenters. The van der Waals surface area contributed by atoms with Gasteiger partial charge in [-0.25, -0.2) is 0 Å². The molecule has 2 saturated heterocycles. The predicted octanol–water partition coefficient (Wildman–Crippen LogP) is 3.31. The van der Waals surface area contributed by atoms with E-state index < -0.39 is 11.6 Å². The molecule has 25 heavy (non-hydrogen) atoms. The van der Waals surface area contributed by atoms with Crippen molar-refractivity contribution in [1.29, 1.82) is 0 Å². The molecular weight excluding hydrogens is 320 g/mol. The molecule has 6 unspecified atom stereocenters. The average Bonchev–Trinajstić information content (AvgIpc) is 3.01. The molecule has 5 heteroatoms. The molecule has 136 valence electrons. The number of allylic oxidation sites excluding steroid dienone is 2. The maximum Gasteiger partial charge on any atom is 0.210 e. The lowest BCUT2D eigenvalue weighted by atomic mass is 9.74. The lowest BCUT2D eigenvalue weighted by Crippen LogP contribution is -2.45. The fraction of sp³-hybridized carbons (Fsp3) is 0.750. The number of Topliss-reactive ketones (excluding diaryl/α,β-unsaturated/α-hetero) is 1. The van der Waals surface area contributed by atoms with E-state index in [1.807, 2.05) is 13.8 Å². The van der Waals surface area contributed by atoms with E-state index >= 15 is 0 Å². The Balaban J connectivity index is 1.48. The summed E-state index contributed by atoms with van der Waals surface area (Å²) in [5.41, 5.74) is 1.69. The Morgan fingerprint density at radius 1 is 0.840 bits per heavy atom. The monoisotopic (exact) mass is 346 g/mol. The zero-order valence-corrected chi connectivity index (χ0v) is 15.4. The van der Waals surface area contributed by atoms with Crippen LogP contribution in [0.5, 0.6) is 0 Å². The number of hydrogen-bond donors (Lipinski definition) is 0. The van der Waals surface area contributed by atoms with Gasteiger partial charge in [0.25, 0.3) is 0 Å². The van der Waals surface area contributed by atoms with Crippen LogP contribution in [-0.2, 0) is 23.7 Å². The Bertz CT molecular complexity index is 664. The standard InChI is InChI=1S/C20H26O5/c1-10-8-22-19(3)14(10)5-12-16(24-19)7-17-13(18(12)21)6-15-11(2)9-23-20(15,4)25-17/h10-11,14-15H,5-9H2,1-4H3. The molecule has 5 rings (SSSR count). The average molecular weight is 346 g/mol. The second-order valence-corrected chi connectivity index (χ2v) is 8.74. The van der Waals surface area contributed by atoms with Crippen LogP contribution in [0, 0.1) is 23.7 Å². The minimum absolute atomic E-state index is 0.124. The molecule has 0 bridgehead atoms. The zero-order chi connectivity index (χ0) is 17.6. The van der Waals surface area contributed by atoms with E-state index in [0.29, 0.717) is 31.5 Å². The number of carbonyl (C=O) groups excluding carboxylic acids is 1. The SMILES string of the molecule is CC1COC2(C)OC3=C(CC12)C(=O)C1=C(C3)OC2(C)OCC(C)C2C1. The number of fused-ring (bicyclic) bond motifs is 2. The predicted molar refractivity (Wildman–Crippen MR) is 89.1 cm³/mol. The van der Waals surface area contributed by atoms with Gasteiger partial charge < -0.3 is 18.9 Å². The van der Waals surface area contributed by atoms with Gasteiger partial charge in [0, 0.05) is 36.8 Å². The van der Waals surface area contributed by atoms with Crippen molar-refractivity contribution in [3.05, 3.63) is 22.7 Å². The molecular formula is C20H26O5. The van der Waals surface area contributed by atoms with E-state index in [2.05, 4.69) is 13.8 Å². The largest absolute Gasteiger partial charge is 0.466 e. The van der Waals surface area contributed by atoms with Crippen molar-refractivity contribution in [1.82, 2.24) is 0 Å². The fourth-order valence-electron chi connectivity index (χ4n) is 5.39. The smallest absolute Gasteiger partial charge is 0.210 e. The number of ketones is 1. The summed E-state index contributed by atoms with van der Waals surface area (Å²) in [4.78, 5) is 13.2. The second-order valence-electron chi connectivity index (χ2n) is 8.74. The van der Waals surface area contributed by atoms with Gasteiger partial charge in [0.05, 0.1) is 19.6 Å². The highest BCUT2D eigenvalue weighted by Gasteiger charge is 2.56. The summed E-state index contributed by atoms with van der Waals surface area (Å²) in [7, 11) is 0. The molecule has 0 aromatic heterocycles. The summed E-state index contributed by atoms with van der Waals surface area (Å²) in [5.74, 6) is 1.65. The summed E-state index contributed by atoms with van der Waals surface area (Å²) in [6.07, 6.45) is 2.03. The Hall–Kier alpha value is -1.33. The van der Waals surface area contributed by atoms with Crippen LogP contribution in [0.2, 0.25) is 0 Å². The summed E-state index contributed by atoms with van der Waals surface area (Å²) >= 11 is 0. The normalized spacial score (nSPS) is 48.4. The molecule has 2 fully saturated rings. The first-order valence-electron chi connectivity index (χ1n) is 9.45. The van der Waals surface area contributed by atoms with Crippen LogP contribution in [0.15, 0.2) is 22.7 Å². The number of carbonyl (C=O) groups is 1. The molecule has 0 saturated carbocycles. The Kier molecular flexibility index (Phi) is 3.11. The van der Waals surface area contributed by atoms with Crippen molar-refractivity contribution in [2.24, 2.45) is 23.7 Å². The summed E-state index contributed by atoms with van der Waals surface area (Å²) in [6.45, 7) is 9.72. The molecule has 0 N–H and O–H groups in total. The number of hydrogen-bond acceptors (Lipinski definition) is 5. The highest BCUT2D eigenvalue weighted by atomic mass is 16.7. The van der Waals surface area contributed by atoms with Gasteiger partial charge in [-0.3, -0.25) is 4.79 Å². The van der Waals surface area contributed by atoms with E-state index in [0.717, 1.165) is 35.5 Å². The second kappa shape index (κ2) is 4.89. The molecule has 0 aromatic rings. The number of ether oxygens (including phenoxy) is 4. The van der Waals surface area contributed by atoms with Gasteiger partial charge in [0.15, 0.2) is 5.78 Å². The summed E-state index contributed by atoms with van der Waals surface area (Å²) in [5, 5.41) is 0. The Labute approximate surface area is 148 Å². The minimum atomic E-state index is -0.615. The first-order valence-corrected chi connectivity index (χ1v) is 9.45. The Morgan fingerprint density at radius 2 is 1.28 bits per heavy atom. The molecule has 0 radical (unpaired) electrons. The highest BCUT2D eigenvalue weighted by molar-refractivity contribution is 6.10. The van der Waals surface area contributed by atoms with E-state index in [9.17, 15) is 4.79 Å². The van der Waals surface area contributed by atoms with Crippen LogP contribution in [0.25, 0.3) is 0 Å². The highest BCUT2D eigenvalue weighted by Crippen LogP contribution is 2.53. The van der Waals surface area contributed by atoms with Crippen LogP contribution in [0.1, 0.15) is 47.0 Å². The van der Waals surface area contributed by atoms with Gasteiger partial charge in [0.2, 0.25) is 11.6 Å². The fourth-order valence-corrected chi connectivity index (χ4v) is 5.39. The molecule has 1 aliphatic carbocycles. The summed E-state index contributed by atoms with van der Waals surface area (Å²) < 4.78 is 24.3. The molecule has 0 aromatic carbocycles. The van der Waals surface area contributed by atoms with Gasteiger partial charge in [-0.2, -0.15) is 0 Å². The van der Waals surface area contributed by atoms with Crippen molar-refractivity contribution in [3.63, 3.8) is 0 Å². The van der Waals surface area contributed by atoms with Crippen molar-refractivity contribution in [2.75, 3.05) is 13.2 Å². The van der Waals surface area contributed by atoms with Gasteiger partial charge in [-0.05, 0) is 24.7 Å². The van der Waals surface area contributed by atoms with Crippen LogP contribution in [-0.4, -0.2) is 30.6 Å². The van der Waals surface area contributed by atoms with Crippen molar-refractivity contribution in [3.8, 4) is 0 Å². The number of rotatable bonds is 0. The molecule has 4 heterocycles. The van der Waals surface area contributed by atoms with E-state index in [-0.39, 0.29) is 17.6 Å². The van der Waals surface area contributed by atoms with Crippen LogP contribution < -0.4 is 0 Å². The lowest BCUT2D eigenvalue weighted by Gasteiger charge is -2.44. The zero-order valence-electron chi connectivity index (χ0n) is 15.4. The quantitative estimate of drug-likeness (QED) is 0.674. The van der Waals surface area contributed by atoms with Crippen LogP contribution in [0.3, 0.4) is 0 Å².